The van der Waals surface area contributed by atoms with Gasteiger partial charge in [0.1, 0.15) is 0 Å². The molecule has 18 heavy (non-hydrogen) atoms. The molecule has 0 bridgehead atoms. The van der Waals surface area contributed by atoms with E-state index >= 15 is 0 Å². The lowest BCUT2D eigenvalue weighted by molar-refractivity contribution is 0.592. The van der Waals surface area contributed by atoms with Gasteiger partial charge >= 0.3 is 0 Å². The van der Waals surface area contributed by atoms with E-state index in [2.05, 4.69) is 4.98 Å². The average Bonchev–Trinajstić information content (AvgIpc) is 2.76. The summed E-state index contributed by atoms with van der Waals surface area (Å²) < 4.78 is 24.4. The number of nitrogen functional groups attached to an aromatic ring is 1. The van der Waals surface area contributed by atoms with Crippen molar-refractivity contribution in [2.45, 2.75) is 24.1 Å². The second kappa shape index (κ2) is 5.07. The minimum Gasteiger partial charge on any atom is -0.396 e. The van der Waals surface area contributed by atoms with Crippen molar-refractivity contribution in [2.75, 3.05) is 5.73 Å². The van der Waals surface area contributed by atoms with Gasteiger partial charge in [-0.1, -0.05) is 6.92 Å². The Hall–Kier alpha value is -1.40. The summed E-state index contributed by atoms with van der Waals surface area (Å²) in [4.78, 5) is 5.86. The summed E-state index contributed by atoms with van der Waals surface area (Å²) in [5, 5.41) is -0.0311. The lowest BCUT2D eigenvalue weighted by Crippen LogP contribution is -2.09. The number of rotatable bonds is 4. The van der Waals surface area contributed by atoms with Crippen LogP contribution in [-0.2, 0) is 22.0 Å². The molecule has 0 aromatic carbocycles. The molecule has 0 fully saturated rings. The van der Waals surface area contributed by atoms with Crippen molar-refractivity contribution >= 4 is 26.9 Å². The maximum absolute atomic E-state index is 12.2. The molecule has 0 unspecified atom stereocenters. The molecule has 96 valence electrons. The number of anilines is 1. The highest BCUT2D eigenvalue weighted by atomic mass is 32.2. The SMILES string of the molecule is CCc1ccc(CS(=O)(=O)c2ncccc2N)s1. The number of aryl methyl sites for hydroxylation is 1. The van der Waals surface area contributed by atoms with Gasteiger partial charge in [0, 0.05) is 16.0 Å². The van der Waals surface area contributed by atoms with E-state index in [4.69, 9.17) is 5.73 Å². The number of hydrogen-bond donors (Lipinski definition) is 1. The molecule has 2 N–H and O–H groups in total. The van der Waals surface area contributed by atoms with E-state index in [9.17, 15) is 8.42 Å². The Bertz CT molecular complexity index is 648. The van der Waals surface area contributed by atoms with Gasteiger partial charge in [0.05, 0.1) is 11.4 Å². The summed E-state index contributed by atoms with van der Waals surface area (Å²) in [6.07, 6.45) is 2.35. The zero-order valence-corrected chi connectivity index (χ0v) is 11.6. The van der Waals surface area contributed by atoms with E-state index in [1.54, 1.807) is 12.1 Å². The molecule has 0 amide bonds. The Morgan fingerprint density at radius 3 is 2.61 bits per heavy atom. The van der Waals surface area contributed by atoms with Crippen molar-refractivity contribution in [3.05, 3.63) is 40.2 Å². The first kappa shape index (κ1) is 13.0. The quantitative estimate of drug-likeness (QED) is 0.933. The maximum Gasteiger partial charge on any atom is 0.202 e. The summed E-state index contributed by atoms with van der Waals surface area (Å²) in [5.74, 6) is -0.0428. The molecule has 0 radical (unpaired) electrons. The van der Waals surface area contributed by atoms with Crippen molar-refractivity contribution in [3.8, 4) is 0 Å². The summed E-state index contributed by atoms with van der Waals surface area (Å²) in [6, 6.07) is 6.97. The predicted molar refractivity (Wildman–Crippen MR) is 73.2 cm³/mol. The fraction of sp³-hybridized carbons (Fsp3) is 0.250. The number of nitrogens with two attached hydrogens (primary N) is 1. The fourth-order valence-corrected chi connectivity index (χ4v) is 4.32. The van der Waals surface area contributed by atoms with Crippen LogP contribution in [0.4, 0.5) is 5.69 Å². The molecule has 0 saturated heterocycles. The van der Waals surface area contributed by atoms with Crippen molar-refractivity contribution in [1.29, 1.82) is 0 Å². The van der Waals surface area contributed by atoms with Crippen LogP contribution >= 0.6 is 11.3 Å². The van der Waals surface area contributed by atoms with Crippen LogP contribution in [0.2, 0.25) is 0 Å². The third-order valence-electron chi connectivity index (χ3n) is 2.49. The molecule has 0 spiro atoms. The number of pyridine rings is 1. The molecule has 2 heterocycles. The van der Waals surface area contributed by atoms with Gasteiger partial charge in [-0.2, -0.15) is 0 Å². The molecule has 0 saturated carbocycles. The molecule has 0 aliphatic heterocycles. The van der Waals surface area contributed by atoms with E-state index in [0.29, 0.717) is 0 Å². The van der Waals surface area contributed by atoms with Crippen LogP contribution in [-0.4, -0.2) is 13.4 Å². The lowest BCUT2D eigenvalue weighted by atomic mass is 10.4. The van der Waals surface area contributed by atoms with Crippen LogP contribution in [0.3, 0.4) is 0 Å². The van der Waals surface area contributed by atoms with Crippen molar-refractivity contribution in [1.82, 2.24) is 4.98 Å². The molecule has 0 aliphatic carbocycles. The van der Waals surface area contributed by atoms with Crippen molar-refractivity contribution in [3.63, 3.8) is 0 Å². The summed E-state index contributed by atoms with van der Waals surface area (Å²) in [7, 11) is -3.46. The smallest absolute Gasteiger partial charge is 0.202 e. The van der Waals surface area contributed by atoms with E-state index in [1.807, 2.05) is 19.1 Å². The first-order chi connectivity index (χ1) is 8.53. The zero-order valence-electron chi connectivity index (χ0n) is 9.96. The van der Waals surface area contributed by atoms with Crippen LogP contribution in [0, 0.1) is 0 Å². The fourth-order valence-electron chi connectivity index (χ4n) is 1.61. The summed E-state index contributed by atoms with van der Waals surface area (Å²) in [6.45, 7) is 2.04. The van der Waals surface area contributed by atoms with Gasteiger partial charge in [-0.15, -0.1) is 11.3 Å². The molecule has 0 atom stereocenters. The number of aromatic nitrogens is 1. The van der Waals surface area contributed by atoms with E-state index in [-0.39, 0.29) is 16.5 Å². The van der Waals surface area contributed by atoms with Crippen LogP contribution in [0.5, 0.6) is 0 Å². The van der Waals surface area contributed by atoms with Gasteiger partial charge in [0.25, 0.3) is 0 Å². The Morgan fingerprint density at radius 1 is 1.28 bits per heavy atom. The topological polar surface area (TPSA) is 73.0 Å². The second-order valence-corrected chi connectivity index (χ2v) is 7.04. The van der Waals surface area contributed by atoms with E-state index < -0.39 is 9.84 Å². The highest BCUT2D eigenvalue weighted by Crippen LogP contribution is 2.24. The minimum absolute atomic E-state index is 0.0311. The van der Waals surface area contributed by atoms with Crippen LogP contribution in [0.25, 0.3) is 0 Å². The molecule has 2 rings (SSSR count). The van der Waals surface area contributed by atoms with Crippen LogP contribution < -0.4 is 5.73 Å². The summed E-state index contributed by atoms with van der Waals surface area (Å²) >= 11 is 1.51. The first-order valence-corrected chi connectivity index (χ1v) is 8.00. The van der Waals surface area contributed by atoms with E-state index in [0.717, 1.165) is 11.3 Å². The molecule has 2 aromatic rings. The van der Waals surface area contributed by atoms with Gasteiger partial charge in [-0.05, 0) is 30.7 Å². The highest BCUT2D eigenvalue weighted by molar-refractivity contribution is 7.90. The number of sulfone groups is 1. The maximum atomic E-state index is 12.2. The largest absolute Gasteiger partial charge is 0.396 e. The molecule has 0 aliphatic rings. The third-order valence-corrected chi connectivity index (χ3v) is 5.53. The van der Waals surface area contributed by atoms with Gasteiger partial charge in [0.15, 0.2) is 5.03 Å². The van der Waals surface area contributed by atoms with Crippen molar-refractivity contribution < 1.29 is 8.42 Å². The number of thiophene rings is 1. The van der Waals surface area contributed by atoms with E-state index in [1.165, 1.54) is 22.4 Å². The number of hydrogen-bond acceptors (Lipinski definition) is 5. The van der Waals surface area contributed by atoms with Gasteiger partial charge < -0.3 is 5.73 Å². The molecule has 2 aromatic heterocycles. The lowest BCUT2D eigenvalue weighted by Gasteiger charge is -2.04. The van der Waals surface area contributed by atoms with Crippen LogP contribution in [0.15, 0.2) is 35.5 Å². The molecular weight excluding hydrogens is 268 g/mol. The Morgan fingerprint density at radius 2 is 2.00 bits per heavy atom. The third kappa shape index (κ3) is 2.70. The predicted octanol–water partition coefficient (Wildman–Crippen LogP) is 2.26. The molecule has 4 nitrogen and oxygen atoms in total. The summed E-state index contributed by atoms with van der Waals surface area (Å²) in [5.41, 5.74) is 5.85. The van der Waals surface area contributed by atoms with Gasteiger partial charge in [-0.25, -0.2) is 13.4 Å². The molecular formula is C12H14N2O2S2. The Balaban J connectivity index is 2.30. The Labute approximate surface area is 110 Å². The first-order valence-electron chi connectivity index (χ1n) is 5.54. The average molecular weight is 282 g/mol. The standard InChI is InChI=1S/C12H14N2O2S2/c1-2-9-5-6-10(17-9)8-18(15,16)12-11(13)4-3-7-14-12/h3-7H,2,8,13H2,1H3. The van der Waals surface area contributed by atoms with Gasteiger partial charge in [-0.3, -0.25) is 0 Å². The zero-order chi connectivity index (χ0) is 13.2. The monoisotopic (exact) mass is 282 g/mol. The minimum atomic E-state index is -3.46. The number of nitrogens with zero attached hydrogens (tertiary/aromatic N) is 1. The molecule has 6 heteroatoms. The van der Waals surface area contributed by atoms with Crippen molar-refractivity contribution in [2.24, 2.45) is 0 Å². The highest BCUT2D eigenvalue weighted by Gasteiger charge is 2.20. The Kier molecular flexibility index (Phi) is 3.68. The second-order valence-electron chi connectivity index (χ2n) is 3.88. The van der Waals surface area contributed by atoms with Crippen LogP contribution in [0.1, 0.15) is 16.7 Å². The normalized spacial score (nSPS) is 11.6. The van der Waals surface area contributed by atoms with Gasteiger partial charge in [0.2, 0.25) is 9.84 Å².